The Labute approximate surface area is 276 Å². The number of hydrogen-bond acceptors (Lipinski definition) is 9. The first-order valence-electron chi connectivity index (χ1n) is 8.58. The predicted octanol–water partition coefficient (Wildman–Crippen LogP) is 0.598. The molecule has 3 radical (unpaired) electrons. The fourth-order valence-corrected chi connectivity index (χ4v) is 4.70. The van der Waals surface area contributed by atoms with Crippen LogP contribution < -0.4 is 5.32 Å². The fraction of sp³-hybridized carbons (Fsp3) is 0. The molecule has 0 saturated carbocycles. The Kier molecular flexibility index (Phi) is 13.1. The van der Waals surface area contributed by atoms with E-state index in [9.17, 15) is 53.8 Å². The van der Waals surface area contributed by atoms with Crippen LogP contribution in [0.15, 0.2) is 63.2 Å². The Morgan fingerprint density at radius 1 is 0.757 bits per heavy atom. The summed E-state index contributed by atoms with van der Waals surface area (Å²) in [5.74, 6) is -1.30. The standard InChI is InChI=1S/C17H12N2O12S3.3Na/c20-17(13-4-2-10(19(21)22)6-16(13)34(29,30)31)18-15-8-12(33(26,27)28)5-9-1-3-11(7-14(9)15)32(23,24)25;;;/h1-8H,(H,18,20)(H,23,24,25)(H,26,27,28)(H,29,30,31);;;. The third-order valence-corrected chi connectivity index (χ3v) is 7.02. The summed E-state index contributed by atoms with van der Waals surface area (Å²) in [6, 6.07) is 6.43. The molecule has 1 amide bonds. The first kappa shape index (κ1) is 36.5. The van der Waals surface area contributed by atoms with Gasteiger partial charge in [0.1, 0.15) is 4.90 Å². The van der Waals surface area contributed by atoms with Crippen LogP contribution in [0, 0.1) is 10.1 Å². The molecule has 0 aliphatic heterocycles. The molecule has 0 unspecified atom stereocenters. The molecule has 3 aromatic carbocycles. The van der Waals surface area contributed by atoms with E-state index in [1.54, 1.807) is 0 Å². The molecular weight excluding hydrogens is 589 g/mol. The number of benzene rings is 3. The number of nitrogens with one attached hydrogen (secondary N) is 1. The molecular formula is C17H12N2Na3O12S3. The van der Waals surface area contributed by atoms with Gasteiger partial charge in [-0.05, 0) is 35.7 Å². The first-order chi connectivity index (χ1) is 15.5. The Bertz CT molecular complexity index is 1710. The molecule has 0 fully saturated rings. The van der Waals surface area contributed by atoms with Gasteiger partial charge in [0, 0.05) is 106 Å². The van der Waals surface area contributed by atoms with Gasteiger partial charge in [-0.1, -0.05) is 6.07 Å². The van der Waals surface area contributed by atoms with E-state index >= 15 is 0 Å². The van der Waals surface area contributed by atoms with Gasteiger partial charge < -0.3 is 5.32 Å². The van der Waals surface area contributed by atoms with Crippen LogP contribution in [-0.4, -0.2) is 138 Å². The molecule has 0 saturated heterocycles. The normalized spacial score (nSPS) is 11.4. The van der Waals surface area contributed by atoms with Crippen LogP contribution in [0.1, 0.15) is 10.4 Å². The van der Waals surface area contributed by atoms with Crippen molar-refractivity contribution in [1.82, 2.24) is 0 Å². The number of fused-ring (bicyclic) bond motifs is 1. The van der Waals surface area contributed by atoms with Crippen molar-refractivity contribution in [2.75, 3.05) is 5.32 Å². The van der Waals surface area contributed by atoms with Crippen LogP contribution in [0.2, 0.25) is 0 Å². The number of nitro benzene ring substituents is 1. The summed E-state index contributed by atoms with van der Waals surface area (Å²) in [4.78, 5) is 20.3. The molecule has 0 aromatic heterocycles. The summed E-state index contributed by atoms with van der Waals surface area (Å²) >= 11 is 0. The minimum Gasteiger partial charge on any atom is -0.321 e. The second kappa shape index (κ2) is 13.2. The van der Waals surface area contributed by atoms with Crippen LogP contribution in [0.4, 0.5) is 11.4 Å². The van der Waals surface area contributed by atoms with Gasteiger partial charge in [0.2, 0.25) is 0 Å². The molecule has 3 aromatic rings. The van der Waals surface area contributed by atoms with Gasteiger partial charge in [0.25, 0.3) is 41.9 Å². The van der Waals surface area contributed by atoms with Crippen LogP contribution in [0.5, 0.6) is 0 Å². The summed E-state index contributed by atoms with van der Waals surface area (Å²) < 4.78 is 97.7. The summed E-state index contributed by atoms with van der Waals surface area (Å²) in [6.07, 6.45) is 0. The second-order valence-corrected chi connectivity index (χ2v) is 10.9. The van der Waals surface area contributed by atoms with E-state index in [0.717, 1.165) is 42.5 Å². The van der Waals surface area contributed by atoms with E-state index < -0.39 is 72.8 Å². The molecule has 37 heavy (non-hydrogen) atoms. The molecule has 4 N–H and O–H groups in total. The zero-order valence-corrected chi connectivity index (χ0v) is 27.8. The van der Waals surface area contributed by atoms with E-state index in [4.69, 9.17) is 0 Å². The molecule has 0 bridgehead atoms. The maximum Gasteiger partial charge on any atom is 0.295 e. The van der Waals surface area contributed by atoms with E-state index in [-0.39, 0.29) is 99.4 Å². The minimum absolute atomic E-state index is 0. The summed E-state index contributed by atoms with van der Waals surface area (Å²) in [7, 11) is -14.7. The maximum absolute atomic E-state index is 12.8. The average Bonchev–Trinajstić information content (AvgIpc) is 2.70. The Morgan fingerprint density at radius 3 is 1.81 bits per heavy atom. The number of carbonyl (C=O) groups is 1. The van der Waals surface area contributed by atoms with Crippen molar-refractivity contribution in [2.24, 2.45) is 0 Å². The summed E-state index contributed by atoms with van der Waals surface area (Å²) in [5, 5.41) is 12.9. The van der Waals surface area contributed by atoms with Crippen molar-refractivity contribution in [2.45, 2.75) is 14.7 Å². The Morgan fingerprint density at radius 2 is 1.32 bits per heavy atom. The predicted molar refractivity (Wildman–Crippen MR) is 132 cm³/mol. The van der Waals surface area contributed by atoms with E-state index in [1.807, 2.05) is 0 Å². The molecule has 0 atom stereocenters. The summed E-state index contributed by atoms with van der Waals surface area (Å²) in [6.45, 7) is 0. The van der Waals surface area contributed by atoms with Crippen molar-refractivity contribution in [3.8, 4) is 0 Å². The molecule has 3 rings (SSSR count). The zero-order chi connectivity index (χ0) is 25.6. The monoisotopic (exact) mass is 601 g/mol. The molecule has 0 aliphatic carbocycles. The SMILES string of the molecule is O=C(Nc1cc(S(=O)(=O)O)cc2ccc(S(=O)(=O)O)cc12)c1ccc([N+](=O)[O-])cc1S(=O)(=O)O.[Na].[Na].[Na]. The number of amides is 1. The van der Waals surface area contributed by atoms with Crippen molar-refractivity contribution < 1.29 is 48.6 Å². The minimum atomic E-state index is -5.14. The molecule has 0 spiro atoms. The molecule has 0 heterocycles. The van der Waals surface area contributed by atoms with Gasteiger partial charge >= 0.3 is 0 Å². The second-order valence-electron chi connectivity index (χ2n) is 6.67. The fourth-order valence-electron chi connectivity index (χ4n) is 2.94. The quantitative estimate of drug-likeness (QED) is 0.132. The number of nitrogens with zero attached hydrogens (tertiary/aromatic N) is 1. The van der Waals surface area contributed by atoms with Gasteiger partial charge in [0.05, 0.1) is 26.0 Å². The van der Waals surface area contributed by atoms with Crippen LogP contribution in [-0.2, 0) is 30.4 Å². The van der Waals surface area contributed by atoms with Gasteiger partial charge in [-0.15, -0.1) is 0 Å². The van der Waals surface area contributed by atoms with Gasteiger partial charge in [-0.25, -0.2) is 0 Å². The molecule has 183 valence electrons. The van der Waals surface area contributed by atoms with Gasteiger partial charge in [-0.3, -0.25) is 28.6 Å². The van der Waals surface area contributed by atoms with Crippen molar-refractivity contribution in [3.63, 3.8) is 0 Å². The van der Waals surface area contributed by atoms with E-state index in [0.29, 0.717) is 6.07 Å². The van der Waals surface area contributed by atoms with E-state index in [1.165, 1.54) is 0 Å². The molecule has 0 aliphatic rings. The summed E-state index contributed by atoms with van der Waals surface area (Å²) in [5.41, 5.74) is -1.98. The van der Waals surface area contributed by atoms with Crippen molar-refractivity contribution in [1.29, 1.82) is 0 Å². The first-order valence-corrected chi connectivity index (χ1v) is 12.9. The molecule has 14 nitrogen and oxygen atoms in total. The topological polar surface area (TPSA) is 235 Å². The van der Waals surface area contributed by atoms with Crippen molar-refractivity contribution >= 4 is 147 Å². The third-order valence-electron chi connectivity index (χ3n) is 4.44. The van der Waals surface area contributed by atoms with Crippen LogP contribution in [0.3, 0.4) is 0 Å². The Balaban J connectivity index is 0.00000432. The average molecular weight is 601 g/mol. The number of carbonyl (C=O) groups excluding carboxylic acids is 1. The van der Waals surface area contributed by atoms with Gasteiger partial charge in [-0.2, -0.15) is 25.3 Å². The number of hydrogen-bond donors (Lipinski definition) is 4. The maximum atomic E-state index is 12.8. The number of nitro groups is 1. The van der Waals surface area contributed by atoms with Crippen molar-refractivity contribution in [3.05, 3.63) is 64.2 Å². The van der Waals surface area contributed by atoms with E-state index in [2.05, 4.69) is 5.32 Å². The zero-order valence-electron chi connectivity index (χ0n) is 19.3. The largest absolute Gasteiger partial charge is 0.321 e. The Hall–Kier alpha value is -0.480. The molecule has 20 heteroatoms. The number of rotatable bonds is 6. The smallest absolute Gasteiger partial charge is 0.295 e. The van der Waals surface area contributed by atoms with Gasteiger partial charge in [0.15, 0.2) is 0 Å². The number of anilines is 1. The van der Waals surface area contributed by atoms with Crippen LogP contribution in [0.25, 0.3) is 10.8 Å². The van der Waals surface area contributed by atoms with Crippen LogP contribution >= 0.6 is 0 Å². The number of non-ortho nitro benzene ring substituents is 1. The third kappa shape index (κ3) is 8.75.